The molecule has 6 rings (SSSR count). The van der Waals surface area contributed by atoms with E-state index in [1.54, 1.807) is 37.3 Å². The Bertz CT molecular complexity index is 1570. The number of ketones is 1. The fourth-order valence-corrected chi connectivity index (χ4v) is 3.95. The number of Topliss-reactive ketones (excluding diaryl/α,β-unsaturated/α-hetero) is 1. The summed E-state index contributed by atoms with van der Waals surface area (Å²) in [4.78, 5) is 36.6. The van der Waals surface area contributed by atoms with Gasteiger partial charge in [-0.3, -0.25) is 4.79 Å². The Kier molecular flexibility index (Phi) is 9.29. The van der Waals surface area contributed by atoms with Gasteiger partial charge >= 0.3 is 0 Å². The Morgan fingerprint density at radius 1 is 0.769 bits per heavy atom. The number of hydrogen-bond donors (Lipinski definition) is 1. The SMILES string of the molecule is C.CC(C)n1cnc2c(N)ccnc21.CC(C)n1cnc2c1N=CCC2=O.CC(C)n1cnc2cccnc21. The number of carbonyl (C=O) groups is 1. The van der Waals surface area contributed by atoms with Crippen LogP contribution in [-0.2, 0) is 0 Å². The molecule has 0 aromatic carbocycles. The van der Waals surface area contributed by atoms with Crippen molar-refractivity contribution in [1.82, 2.24) is 38.6 Å². The summed E-state index contributed by atoms with van der Waals surface area (Å²) in [5, 5.41) is 0. The van der Waals surface area contributed by atoms with Crippen molar-refractivity contribution in [2.75, 3.05) is 5.73 Å². The fraction of sp³-hybridized carbons (Fsp3) is 0.393. The molecular weight excluding hydrogens is 492 g/mol. The molecule has 6 heterocycles. The summed E-state index contributed by atoms with van der Waals surface area (Å²) in [6, 6.07) is 6.71. The second-order valence-electron chi connectivity index (χ2n) is 9.77. The van der Waals surface area contributed by atoms with Crippen LogP contribution in [0.3, 0.4) is 0 Å². The molecule has 5 aromatic rings. The van der Waals surface area contributed by atoms with Crippen molar-refractivity contribution >= 4 is 45.8 Å². The Balaban J connectivity index is 0.000000160. The van der Waals surface area contributed by atoms with Crippen molar-refractivity contribution in [1.29, 1.82) is 0 Å². The number of hydrogen-bond acceptors (Lipinski definition) is 8. The minimum atomic E-state index is 0. The molecule has 0 saturated heterocycles. The highest BCUT2D eigenvalue weighted by Gasteiger charge is 2.20. The average molecular weight is 531 g/mol. The lowest BCUT2D eigenvalue weighted by atomic mass is 10.2. The molecule has 1 aliphatic heterocycles. The maximum Gasteiger partial charge on any atom is 0.190 e. The van der Waals surface area contributed by atoms with Gasteiger partial charge in [-0.25, -0.2) is 29.9 Å². The van der Waals surface area contributed by atoms with Crippen molar-refractivity contribution in [3.05, 3.63) is 55.3 Å². The van der Waals surface area contributed by atoms with Crippen molar-refractivity contribution in [3.8, 4) is 0 Å². The molecule has 0 spiro atoms. The first-order valence-electron chi connectivity index (χ1n) is 12.7. The molecule has 206 valence electrons. The molecule has 11 heteroatoms. The first-order chi connectivity index (χ1) is 18.2. The van der Waals surface area contributed by atoms with Gasteiger partial charge in [-0.1, -0.05) is 7.43 Å². The minimum Gasteiger partial charge on any atom is -0.397 e. The molecule has 0 aliphatic carbocycles. The molecule has 0 saturated carbocycles. The molecule has 0 radical (unpaired) electrons. The maximum absolute atomic E-state index is 11.4. The number of imidazole rings is 3. The number of nitrogens with two attached hydrogens (primary N) is 1. The number of pyridine rings is 2. The molecule has 5 aromatic heterocycles. The quantitative estimate of drug-likeness (QED) is 0.302. The van der Waals surface area contributed by atoms with Crippen LogP contribution in [0, 0.1) is 0 Å². The number of aromatic nitrogens is 8. The van der Waals surface area contributed by atoms with Gasteiger partial charge in [-0.05, 0) is 59.7 Å². The van der Waals surface area contributed by atoms with Gasteiger partial charge in [0, 0.05) is 43.2 Å². The highest BCUT2D eigenvalue weighted by atomic mass is 16.1. The van der Waals surface area contributed by atoms with Gasteiger partial charge in [0.15, 0.2) is 28.6 Å². The van der Waals surface area contributed by atoms with Gasteiger partial charge in [0.1, 0.15) is 11.0 Å². The summed E-state index contributed by atoms with van der Waals surface area (Å²) in [6.45, 7) is 12.5. The molecule has 11 nitrogen and oxygen atoms in total. The second kappa shape index (κ2) is 12.4. The van der Waals surface area contributed by atoms with E-state index in [2.05, 4.69) is 62.2 Å². The average Bonchev–Trinajstić information content (AvgIpc) is 3.62. The van der Waals surface area contributed by atoms with E-state index in [-0.39, 0.29) is 13.2 Å². The van der Waals surface area contributed by atoms with Crippen LogP contribution in [0.15, 0.2) is 54.6 Å². The van der Waals surface area contributed by atoms with E-state index in [1.807, 2.05) is 41.4 Å². The molecule has 0 bridgehead atoms. The third-order valence-electron chi connectivity index (χ3n) is 6.01. The van der Waals surface area contributed by atoms with Crippen LogP contribution in [0.2, 0.25) is 0 Å². The number of anilines is 1. The smallest absolute Gasteiger partial charge is 0.190 e. The van der Waals surface area contributed by atoms with Crippen LogP contribution in [0.25, 0.3) is 22.3 Å². The first kappa shape index (κ1) is 29.2. The highest BCUT2D eigenvalue weighted by molar-refractivity contribution is 6.08. The summed E-state index contributed by atoms with van der Waals surface area (Å²) >= 11 is 0. The lowest BCUT2D eigenvalue weighted by molar-refractivity contribution is 0.0996. The molecule has 0 unspecified atom stereocenters. The highest BCUT2D eigenvalue weighted by Crippen LogP contribution is 2.25. The van der Waals surface area contributed by atoms with Crippen LogP contribution in [-0.4, -0.2) is 50.6 Å². The predicted octanol–water partition coefficient (Wildman–Crippen LogP) is 6.00. The summed E-state index contributed by atoms with van der Waals surface area (Å²) < 4.78 is 5.98. The number of carbonyl (C=O) groups excluding carboxylic acids is 1. The van der Waals surface area contributed by atoms with E-state index in [9.17, 15) is 4.79 Å². The van der Waals surface area contributed by atoms with Crippen LogP contribution < -0.4 is 5.73 Å². The Morgan fingerprint density at radius 3 is 2.08 bits per heavy atom. The molecule has 0 fully saturated rings. The lowest BCUT2D eigenvalue weighted by Gasteiger charge is -2.10. The number of fused-ring (bicyclic) bond motifs is 3. The van der Waals surface area contributed by atoms with Crippen LogP contribution in [0.4, 0.5) is 11.5 Å². The largest absolute Gasteiger partial charge is 0.397 e. The number of rotatable bonds is 3. The predicted molar refractivity (Wildman–Crippen MR) is 157 cm³/mol. The van der Waals surface area contributed by atoms with Crippen molar-refractivity contribution < 1.29 is 4.79 Å². The summed E-state index contributed by atoms with van der Waals surface area (Å²) in [6.07, 6.45) is 10.8. The Labute approximate surface area is 228 Å². The third kappa shape index (κ3) is 6.19. The number of nitrogens with zero attached hydrogens (tertiary/aromatic N) is 9. The van der Waals surface area contributed by atoms with E-state index in [0.29, 0.717) is 41.7 Å². The molecule has 0 amide bonds. The van der Waals surface area contributed by atoms with Gasteiger partial charge in [-0.15, -0.1) is 0 Å². The van der Waals surface area contributed by atoms with E-state index in [0.717, 1.165) is 22.3 Å². The van der Waals surface area contributed by atoms with Gasteiger partial charge in [0.25, 0.3) is 0 Å². The van der Waals surface area contributed by atoms with E-state index >= 15 is 0 Å². The van der Waals surface area contributed by atoms with Crippen molar-refractivity contribution in [3.63, 3.8) is 0 Å². The zero-order chi connectivity index (χ0) is 27.4. The van der Waals surface area contributed by atoms with E-state index < -0.39 is 0 Å². The van der Waals surface area contributed by atoms with Gasteiger partial charge in [0.05, 0.1) is 24.7 Å². The topological polar surface area (TPSA) is 135 Å². The molecular formula is C28H38N10O. The first-order valence-corrected chi connectivity index (χ1v) is 12.7. The summed E-state index contributed by atoms with van der Waals surface area (Å²) in [5.41, 5.74) is 10.5. The van der Waals surface area contributed by atoms with E-state index in [1.165, 1.54) is 0 Å². The monoisotopic (exact) mass is 530 g/mol. The number of nitrogen functional groups attached to an aromatic ring is 1. The second-order valence-corrected chi connectivity index (χ2v) is 9.77. The fourth-order valence-electron chi connectivity index (χ4n) is 3.95. The minimum absolute atomic E-state index is 0. The van der Waals surface area contributed by atoms with Gasteiger partial charge in [0.2, 0.25) is 0 Å². The zero-order valence-electron chi connectivity index (χ0n) is 22.6. The Morgan fingerprint density at radius 2 is 1.38 bits per heavy atom. The maximum atomic E-state index is 11.4. The number of aliphatic imine (C=N–C) groups is 1. The normalized spacial score (nSPS) is 12.3. The summed E-state index contributed by atoms with van der Waals surface area (Å²) in [5.74, 6) is 0.760. The van der Waals surface area contributed by atoms with Crippen LogP contribution >= 0.6 is 0 Å². The van der Waals surface area contributed by atoms with Crippen LogP contribution in [0.5, 0.6) is 0 Å². The third-order valence-corrected chi connectivity index (χ3v) is 6.01. The Hall–Kier alpha value is -4.41. The lowest BCUT2D eigenvalue weighted by Crippen LogP contribution is -2.06. The van der Waals surface area contributed by atoms with E-state index in [4.69, 9.17) is 5.73 Å². The molecule has 39 heavy (non-hydrogen) atoms. The van der Waals surface area contributed by atoms with Crippen molar-refractivity contribution in [2.45, 2.75) is 73.5 Å². The zero-order valence-corrected chi connectivity index (χ0v) is 22.6. The summed E-state index contributed by atoms with van der Waals surface area (Å²) in [7, 11) is 0. The standard InChI is InChI=1S/C9H12N4.C9H11N3O.C9H11N3.CH4/c1-6(2)13-5-12-8-7(10)3-4-11-9(8)13;1-6(2)12-5-11-8-7(13)3-4-10-9(8)12;1-7(2)12-6-11-8-4-3-5-10-9(8)12;/h3-6H,1-2H3,(H2,10,11);4-6H,3H2,1-2H3;3-7H,1-2H3;1H4. The van der Waals surface area contributed by atoms with Gasteiger partial charge in [-0.2, -0.15) is 0 Å². The van der Waals surface area contributed by atoms with Crippen molar-refractivity contribution in [2.24, 2.45) is 4.99 Å². The van der Waals surface area contributed by atoms with Gasteiger partial charge < -0.3 is 19.4 Å². The molecule has 1 aliphatic rings. The van der Waals surface area contributed by atoms with Crippen LogP contribution in [0.1, 0.15) is 84.0 Å². The molecule has 2 N–H and O–H groups in total. The molecule has 0 atom stereocenters.